The minimum absolute atomic E-state index is 0.0200. The Morgan fingerprint density at radius 3 is 2.64 bits per heavy atom. The van der Waals surface area contributed by atoms with E-state index in [4.69, 9.17) is 16.3 Å². The van der Waals surface area contributed by atoms with Crippen LogP contribution in [-0.4, -0.2) is 62.6 Å². The molecule has 234 valence electrons. The molecule has 2 aliphatic rings. The first kappa shape index (κ1) is 30.5. The molecule has 9 nitrogen and oxygen atoms in total. The van der Waals surface area contributed by atoms with Gasteiger partial charge in [0.2, 0.25) is 5.91 Å². The van der Waals surface area contributed by atoms with E-state index >= 15 is 4.39 Å². The van der Waals surface area contributed by atoms with Gasteiger partial charge >= 0.3 is 11.9 Å². The number of pyridine rings is 2. The first-order valence-corrected chi connectivity index (χ1v) is 14.5. The Morgan fingerprint density at radius 1 is 1.20 bits per heavy atom. The van der Waals surface area contributed by atoms with Crippen LogP contribution in [0.15, 0.2) is 47.9 Å². The highest BCUT2D eigenvalue weighted by Crippen LogP contribution is 2.46. The van der Waals surface area contributed by atoms with Gasteiger partial charge in [0.1, 0.15) is 28.7 Å². The van der Waals surface area contributed by atoms with Crippen LogP contribution in [0, 0.1) is 12.7 Å². The maximum absolute atomic E-state index is 15.6. The highest BCUT2D eigenvalue weighted by molar-refractivity contribution is 6.36. The van der Waals surface area contributed by atoms with E-state index in [-0.39, 0.29) is 64.8 Å². The molecule has 0 bridgehead atoms. The lowest BCUT2D eigenvalue weighted by atomic mass is 10.0. The van der Waals surface area contributed by atoms with Gasteiger partial charge in [-0.25, -0.2) is 18.7 Å². The molecule has 6 rings (SSSR count). The van der Waals surface area contributed by atoms with Crippen LogP contribution < -0.4 is 15.3 Å². The monoisotopic (exact) mass is 642 g/mol. The summed E-state index contributed by atoms with van der Waals surface area (Å²) in [5, 5.41) is -0.0282. The van der Waals surface area contributed by atoms with Gasteiger partial charge in [-0.3, -0.25) is 9.78 Å². The molecule has 0 saturated carbocycles. The van der Waals surface area contributed by atoms with Crippen molar-refractivity contribution in [1.82, 2.24) is 24.4 Å². The molecule has 1 atom stereocenters. The summed E-state index contributed by atoms with van der Waals surface area (Å²) >= 11 is 6.83. The van der Waals surface area contributed by atoms with Gasteiger partial charge in [-0.1, -0.05) is 38.1 Å². The van der Waals surface area contributed by atoms with E-state index in [1.165, 1.54) is 10.6 Å². The van der Waals surface area contributed by atoms with Gasteiger partial charge in [-0.15, -0.1) is 0 Å². The van der Waals surface area contributed by atoms with Crippen molar-refractivity contribution in [2.75, 3.05) is 31.1 Å². The van der Waals surface area contributed by atoms with Gasteiger partial charge in [0.25, 0.3) is 0 Å². The third-order valence-corrected chi connectivity index (χ3v) is 8.40. The van der Waals surface area contributed by atoms with E-state index in [0.29, 0.717) is 29.6 Å². The molecule has 14 heteroatoms. The smallest absolute Gasteiger partial charge is 0.419 e. The molecule has 1 fully saturated rings. The Bertz CT molecular complexity index is 1940. The average molecular weight is 643 g/mol. The summed E-state index contributed by atoms with van der Waals surface area (Å²) in [4.78, 5) is 43.5. The predicted octanol–water partition coefficient (Wildman–Crippen LogP) is 5.68. The number of rotatable bonds is 4. The highest BCUT2D eigenvalue weighted by Gasteiger charge is 2.39. The molecule has 0 spiro atoms. The number of aryl methyl sites for hydroxylation is 1. The minimum atomic E-state index is -4.98. The van der Waals surface area contributed by atoms with Gasteiger partial charge < -0.3 is 14.5 Å². The summed E-state index contributed by atoms with van der Waals surface area (Å²) in [5.41, 5.74) is -1.56. The fourth-order valence-electron chi connectivity index (χ4n) is 5.91. The highest BCUT2D eigenvalue weighted by atomic mass is 35.5. The lowest BCUT2D eigenvalue weighted by Gasteiger charge is -2.40. The molecule has 2 aliphatic heterocycles. The number of anilines is 1. The zero-order valence-corrected chi connectivity index (χ0v) is 25.2. The number of hydrogen-bond acceptors (Lipinski definition) is 7. The summed E-state index contributed by atoms with van der Waals surface area (Å²) in [6, 6.07) is 4.05. The van der Waals surface area contributed by atoms with E-state index in [2.05, 4.69) is 21.5 Å². The number of alkyl halides is 3. The van der Waals surface area contributed by atoms with Crippen LogP contribution in [0.25, 0.3) is 28.0 Å². The molecular weight excluding hydrogens is 616 g/mol. The Kier molecular flexibility index (Phi) is 7.54. The van der Waals surface area contributed by atoms with E-state index in [1.54, 1.807) is 24.1 Å². The number of nitrogens with zero attached hydrogens (tertiary/aromatic N) is 6. The maximum atomic E-state index is 15.6. The largest absolute Gasteiger partial charge is 0.489 e. The number of piperazine rings is 1. The quantitative estimate of drug-likeness (QED) is 0.209. The van der Waals surface area contributed by atoms with Crippen molar-refractivity contribution in [3.63, 3.8) is 0 Å². The zero-order valence-electron chi connectivity index (χ0n) is 24.5. The Balaban J connectivity index is 1.71. The number of benzene rings is 1. The zero-order chi connectivity index (χ0) is 32.4. The molecule has 45 heavy (non-hydrogen) atoms. The van der Waals surface area contributed by atoms with Crippen LogP contribution >= 0.6 is 11.6 Å². The molecule has 0 unspecified atom stereocenters. The maximum Gasteiger partial charge on any atom is 0.419 e. The van der Waals surface area contributed by atoms with Crippen molar-refractivity contribution >= 4 is 34.4 Å². The van der Waals surface area contributed by atoms with Crippen LogP contribution in [-0.2, 0) is 11.0 Å². The molecule has 4 aromatic rings. The Labute approximate surface area is 259 Å². The summed E-state index contributed by atoms with van der Waals surface area (Å²) < 4.78 is 64.2. The van der Waals surface area contributed by atoms with Crippen molar-refractivity contribution < 1.29 is 27.1 Å². The Morgan fingerprint density at radius 2 is 1.96 bits per heavy atom. The van der Waals surface area contributed by atoms with Crippen LogP contribution in [0.1, 0.15) is 36.6 Å². The van der Waals surface area contributed by atoms with Gasteiger partial charge in [-0.2, -0.15) is 18.2 Å². The predicted molar refractivity (Wildman–Crippen MR) is 161 cm³/mol. The third kappa shape index (κ3) is 4.98. The second-order valence-electron chi connectivity index (χ2n) is 11.2. The lowest BCUT2D eigenvalue weighted by Crippen LogP contribution is -2.56. The second-order valence-corrected chi connectivity index (χ2v) is 11.6. The lowest BCUT2D eigenvalue weighted by molar-refractivity contribution is -0.140. The Hall–Kier alpha value is -4.52. The molecule has 0 radical (unpaired) electrons. The number of hydrogen-bond donors (Lipinski definition) is 0. The topological polar surface area (TPSA) is 93.5 Å². The first-order valence-electron chi connectivity index (χ1n) is 14.1. The third-order valence-electron chi connectivity index (χ3n) is 8.05. The van der Waals surface area contributed by atoms with Crippen LogP contribution in [0.3, 0.4) is 0 Å². The van der Waals surface area contributed by atoms with Gasteiger partial charge in [-0.05, 0) is 42.7 Å². The standard InChI is InChI=1S/C31H27ClF4N6O3/c1-5-20(43)40-11-12-41-17(13-40)14-45-27-21-28(41)39-30(44)42(26-16(4)9-10-37-24(26)15(2)3)29(21)38-25(22(27)32)18-7-6-8-19(23(18)33)31(34,35)36/h5-10,15,17H,1,11-14H2,2-4H3/t17-/m0/s1. The van der Waals surface area contributed by atoms with Crippen molar-refractivity contribution in [1.29, 1.82) is 0 Å². The number of carbonyl (C=O) groups excluding carboxylic acids is 1. The van der Waals surface area contributed by atoms with Crippen molar-refractivity contribution in [2.24, 2.45) is 0 Å². The number of aromatic nitrogens is 4. The SMILES string of the molecule is C=CC(=O)N1CCN2c3nc(=O)n(-c4c(C)ccnc4C(C)C)c4nc(-c5cccc(C(F)(F)F)c5F)c(Cl)c(c34)OC[C@@H]2C1. The normalized spacial score (nSPS) is 16.4. The fraction of sp³-hybridized carbons (Fsp3) is 0.323. The first-order chi connectivity index (χ1) is 21.3. The summed E-state index contributed by atoms with van der Waals surface area (Å²) in [5.74, 6) is -1.83. The number of carbonyl (C=O) groups is 1. The van der Waals surface area contributed by atoms with Crippen LogP contribution in [0.2, 0.25) is 5.02 Å². The van der Waals surface area contributed by atoms with Crippen LogP contribution in [0.5, 0.6) is 5.75 Å². The van der Waals surface area contributed by atoms with Crippen molar-refractivity contribution in [3.8, 4) is 22.7 Å². The number of amides is 1. The molecule has 0 aliphatic carbocycles. The van der Waals surface area contributed by atoms with E-state index < -0.39 is 34.9 Å². The number of halogens is 5. The molecule has 5 heterocycles. The molecule has 1 saturated heterocycles. The number of ether oxygens (including phenoxy) is 1. The molecule has 3 aromatic heterocycles. The minimum Gasteiger partial charge on any atom is -0.489 e. The summed E-state index contributed by atoms with van der Waals surface area (Å²) in [6.45, 7) is 9.89. The van der Waals surface area contributed by atoms with Gasteiger partial charge in [0, 0.05) is 31.4 Å². The fourth-order valence-corrected chi connectivity index (χ4v) is 6.20. The molecule has 1 amide bonds. The van der Waals surface area contributed by atoms with E-state index in [0.717, 1.165) is 12.1 Å². The van der Waals surface area contributed by atoms with Gasteiger partial charge in [0.05, 0.1) is 28.7 Å². The summed E-state index contributed by atoms with van der Waals surface area (Å²) in [6.07, 6.45) is -2.17. The number of fused-ring (bicyclic) bond motifs is 2. The second kappa shape index (κ2) is 11.1. The summed E-state index contributed by atoms with van der Waals surface area (Å²) in [7, 11) is 0. The van der Waals surface area contributed by atoms with E-state index in [9.17, 15) is 22.8 Å². The average Bonchev–Trinajstić information content (AvgIpc) is 3.15. The molecule has 1 aromatic carbocycles. The molecular formula is C31H27ClF4N6O3. The van der Waals surface area contributed by atoms with Crippen molar-refractivity contribution in [3.05, 3.63) is 81.3 Å². The molecule has 0 N–H and O–H groups in total. The van der Waals surface area contributed by atoms with Gasteiger partial charge in [0.15, 0.2) is 11.4 Å². The van der Waals surface area contributed by atoms with E-state index in [1.807, 2.05) is 18.7 Å². The van der Waals surface area contributed by atoms with Crippen molar-refractivity contribution in [2.45, 2.75) is 38.9 Å². The van der Waals surface area contributed by atoms with Crippen LogP contribution in [0.4, 0.5) is 23.4 Å².